The fourth-order valence-electron chi connectivity index (χ4n) is 1.79. The Kier molecular flexibility index (Phi) is 5.71. The first kappa shape index (κ1) is 18.4. The molecule has 4 heteroatoms. The summed E-state index contributed by atoms with van der Waals surface area (Å²) in [7, 11) is 0. The number of esters is 1. The van der Waals surface area contributed by atoms with Crippen LogP contribution in [0.25, 0.3) is 0 Å². The van der Waals surface area contributed by atoms with Gasteiger partial charge in [0.1, 0.15) is 5.60 Å². The Morgan fingerprint density at radius 1 is 1.15 bits per heavy atom. The zero-order valence-electron chi connectivity index (χ0n) is 13.5. The van der Waals surface area contributed by atoms with E-state index in [0.29, 0.717) is 0 Å². The smallest absolute Gasteiger partial charge is 0.331 e. The second kappa shape index (κ2) is 6.21. The van der Waals surface area contributed by atoms with Crippen molar-refractivity contribution in [3.05, 3.63) is 12.2 Å². The number of hydrogen-bond donors (Lipinski definition) is 0. The van der Waals surface area contributed by atoms with E-state index < -0.39 is 17.0 Å². The molecular weight excluding hydrogens is 254 g/mol. The molecule has 1 atom stereocenters. The molecule has 0 aromatic carbocycles. The summed E-state index contributed by atoms with van der Waals surface area (Å²) in [5, 5.41) is 9.51. The normalized spacial score (nSPS) is 15.5. The predicted molar refractivity (Wildman–Crippen MR) is 77.8 cm³/mol. The standard InChI is InChI=1S/C16H25NO3/c1-12(18)8-9-16(11-17,10-14(2,3)4)13(19)20-15(5,6)7/h8-9H,10H2,1-7H3/b9-8-/t16-/m1/s1. The highest BCUT2D eigenvalue weighted by atomic mass is 16.6. The van der Waals surface area contributed by atoms with Crippen molar-refractivity contribution < 1.29 is 14.3 Å². The van der Waals surface area contributed by atoms with E-state index in [9.17, 15) is 14.9 Å². The van der Waals surface area contributed by atoms with E-state index in [1.54, 1.807) is 20.8 Å². The molecule has 112 valence electrons. The molecule has 0 amide bonds. The van der Waals surface area contributed by atoms with E-state index >= 15 is 0 Å². The second-order valence-electron chi connectivity index (χ2n) is 7.27. The summed E-state index contributed by atoms with van der Waals surface area (Å²) >= 11 is 0. The Morgan fingerprint density at radius 3 is 1.95 bits per heavy atom. The Bertz CT molecular complexity index is 444. The van der Waals surface area contributed by atoms with Crippen LogP contribution in [0.4, 0.5) is 0 Å². The minimum Gasteiger partial charge on any atom is -0.459 e. The fraction of sp³-hybridized carbons (Fsp3) is 0.688. The number of ketones is 1. The van der Waals surface area contributed by atoms with Gasteiger partial charge in [0, 0.05) is 0 Å². The number of ether oxygens (including phenoxy) is 1. The number of carbonyl (C=O) groups excluding carboxylic acids is 2. The average Bonchev–Trinajstić information content (AvgIpc) is 2.19. The Hall–Kier alpha value is -1.63. The van der Waals surface area contributed by atoms with E-state index in [1.165, 1.54) is 19.1 Å². The van der Waals surface area contributed by atoms with Crippen molar-refractivity contribution >= 4 is 11.8 Å². The van der Waals surface area contributed by atoms with Gasteiger partial charge < -0.3 is 4.74 Å². The van der Waals surface area contributed by atoms with Crippen molar-refractivity contribution in [2.75, 3.05) is 0 Å². The van der Waals surface area contributed by atoms with Gasteiger partial charge in [-0.3, -0.25) is 4.79 Å². The lowest BCUT2D eigenvalue weighted by Crippen LogP contribution is -2.38. The summed E-state index contributed by atoms with van der Waals surface area (Å²) in [5.74, 6) is -0.818. The van der Waals surface area contributed by atoms with Gasteiger partial charge in [0.2, 0.25) is 0 Å². The van der Waals surface area contributed by atoms with Gasteiger partial charge in [-0.2, -0.15) is 5.26 Å². The Morgan fingerprint density at radius 2 is 1.65 bits per heavy atom. The van der Waals surface area contributed by atoms with E-state index in [-0.39, 0.29) is 17.6 Å². The highest BCUT2D eigenvalue weighted by molar-refractivity contribution is 5.90. The van der Waals surface area contributed by atoms with Crippen LogP contribution in [0.2, 0.25) is 0 Å². The van der Waals surface area contributed by atoms with Crippen LogP contribution in [0.5, 0.6) is 0 Å². The van der Waals surface area contributed by atoms with E-state index in [0.717, 1.165) is 0 Å². The molecule has 0 saturated carbocycles. The molecule has 0 aliphatic rings. The molecule has 0 unspecified atom stereocenters. The van der Waals surface area contributed by atoms with Gasteiger partial charge in [-0.05, 0) is 51.7 Å². The van der Waals surface area contributed by atoms with Crippen LogP contribution in [0.15, 0.2) is 12.2 Å². The maximum Gasteiger partial charge on any atom is 0.331 e. The van der Waals surface area contributed by atoms with Crippen LogP contribution in [-0.2, 0) is 14.3 Å². The number of nitrogens with zero attached hydrogens (tertiary/aromatic N) is 1. The molecule has 0 spiro atoms. The zero-order chi connectivity index (χ0) is 16.2. The molecule has 0 aromatic heterocycles. The van der Waals surface area contributed by atoms with Crippen LogP contribution >= 0.6 is 0 Å². The molecular formula is C16H25NO3. The number of rotatable bonds is 4. The maximum atomic E-state index is 12.4. The molecule has 0 radical (unpaired) electrons. The lowest BCUT2D eigenvalue weighted by Gasteiger charge is -2.31. The van der Waals surface area contributed by atoms with Gasteiger partial charge in [0.05, 0.1) is 6.07 Å². The molecule has 0 heterocycles. The third-order valence-corrected chi connectivity index (χ3v) is 2.37. The molecule has 0 aliphatic heterocycles. The minimum absolute atomic E-state index is 0.206. The van der Waals surface area contributed by atoms with Crippen molar-refractivity contribution in [3.8, 4) is 6.07 Å². The number of hydrogen-bond acceptors (Lipinski definition) is 4. The van der Waals surface area contributed by atoms with Gasteiger partial charge in [-0.25, -0.2) is 4.79 Å². The SMILES string of the molecule is CC(=O)/C=C\[C@](C#N)(CC(C)(C)C)C(=O)OC(C)(C)C. The first-order chi connectivity index (χ1) is 8.81. The van der Waals surface area contributed by atoms with Crippen molar-refractivity contribution in [2.24, 2.45) is 10.8 Å². The summed E-state index contributed by atoms with van der Waals surface area (Å²) in [6.45, 7) is 12.4. The highest BCUT2D eigenvalue weighted by Gasteiger charge is 2.43. The van der Waals surface area contributed by atoms with Gasteiger partial charge in [-0.1, -0.05) is 20.8 Å². The molecule has 0 saturated heterocycles. The van der Waals surface area contributed by atoms with Gasteiger partial charge in [0.15, 0.2) is 11.2 Å². The average molecular weight is 279 g/mol. The van der Waals surface area contributed by atoms with Gasteiger partial charge >= 0.3 is 5.97 Å². The maximum absolute atomic E-state index is 12.4. The molecule has 0 aliphatic carbocycles. The number of carbonyl (C=O) groups is 2. The summed E-state index contributed by atoms with van der Waals surface area (Å²) < 4.78 is 5.35. The first-order valence-electron chi connectivity index (χ1n) is 6.66. The molecule has 20 heavy (non-hydrogen) atoms. The van der Waals surface area contributed by atoms with Crippen LogP contribution in [0.1, 0.15) is 54.9 Å². The van der Waals surface area contributed by atoms with Gasteiger partial charge in [-0.15, -0.1) is 0 Å². The summed E-state index contributed by atoms with van der Waals surface area (Å²) in [6, 6.07) is 2.04. The minimum atomic E-state index is -1.43. The van der Waals surface area contributed by atoms with Crippen molar-refractivity contribution in [2.45, 2.75) is 60.5 Å². The third-order valence-electron chi connectivity index (χ3n) is 2.37. The molecule has 0 aromatic rings. The monoisotopic (exact) mass is 279 g/mol. The lowest BCUT2D eigenvalue weighted by atomic mass is 9.74. The van der Waals surface area contributed by atoms with Gasteiger partial charge in [0.25, 0.3) is 0 Å². The molecule has 0 bridgehead atoms. The summed E-state index contributed by atoms with van der Waals surface area (Å²) in [5.41, 5.74) is -2.37. The van der Waals surface area contributed by atoms with E-state index in [2.05, 4.69) is 0 Å². The van der Waals surface area contributed by atoms with Crippen LogP contribution in [0, 0.1) is 22.2 Å². The number of allylic oxidation sites excluding steroid dienone is 1. The van der Waals surface area contributed by atoms with Crippen LogP contribution < -0.4 is 0 Å². The zero-order valence-corrected chi connectivity index (χ0v) is 13.5. The topological polar surface area (TPSA) is 67.2 Å². The van der Waals surface area contributed by atoms with Crippen molar-refractivity contribution in [1.29, 1.82) is 5.26 Å². The Balaban J connectivity index is 5.60. The first-order valence-corrected chi connectivity index (χ1v) is 6.66. The van der Waals surface area contributed by atoms with E-state index in [1.807, 2.05) is 26.8 Å². The molecule has 0 fully saturated rings. The van der Waals surface area contributed by atoms with Crippen LogP contribution in [0.3, 0.4) is 0 Å². The summed E-state index contributed by atoms with van der Waals surface area (Å²) in [6.07, 6.45) is 2.92. The lowest BCUT2D eigenvalue weighted by molar-refractivity contribution is -0.163. The largest absolute Gasteiger partial charge is 0.459 e. The van der Waals surface area contributed by atoms with E-state index in [4.69, 9.17) is 4.74 Å². The molecule has 0 rings (SSSR count). The predicted octanol–water partition coefficient (Wildman–Crippen LogP) is 3.42. The quantitative estimate of drug-likeness (QED) is 0.584. The third kappa shape index (κ3) is 6.51. The molecule has 4 nitrogen and oxygen atoms in total. The fourth-order valence-corrected chi connectivity index (χ4v) is 1.79. The van der Waals surface area contributed by atoms with Crippen molar-refractivity contribution in [3.63, 3.8) is 0 Å². The molecule has 0 N–H and O–H groups in total. The van der Waals surface area contributed by atoms with Crippen LogP contribution in [-0.4, -0.2) is 17.4 Å². The second-order valence-corrected chi connectivity index (χ2v) is 7.27. The van der Waals surface area contributed by atoms with Crippen molar-refractivity contribution in [1.82, 2.24) is 0 Å². The highest BCUT2D eigenvalue weighted by Crippen LogP contribution is 2.37. The number of nitriles is 1. The summed E-state index contributed by atoms with van der Waals surface area (Å²) in [4.78, 5) is 23.5. The Labute approximate surface area is 121 Å².